The van der Waals surface area contributed by atoms with E-state index >= 15 is 0 Å². The third kappa shape index (κ3) is 7.83. The Bertz CT molecular complexity index is 519. The Morgan fingerprint density at radius 3 is 2.65 bits per heavy atom. The largest absolute Gasteiger partial charge is 0.357 e. The van der Waals surface area contributed by atoms with Crippen LogP contribution in [0.2, 0.25) is 5.15 Å². The molecule has 6 nitrogen and oxygen atoms in total. The molecule has 1 saturated carbocycles. The Hall–Kier alpha value is -1.09. The maximum Gasteiger partial charge on any atom is 0.223 e. The number of aromatic nitrogens is 1. The van der Waals surface area contributed by atoms with Crippen molar-refractivity contribution in [2.24, 2.45) is 10.9 Å². The minimum Gasteiger partial charge on any atom is -0.357 e. The topological polar surface area (TPSA) is 78.4 Å². The van der Waals surface area contributed by atoms with Gasteiger partial charge in [0, 0.05) is 31.7 Å². The van der Waals surface area contributed by atoms with E-state index in [1.165, 1.54) is 0 Å². The van der Waals surface area contributed by atoms with E-state index in [0.29, 0.717) is 24.8 Å². The monoisotopic (exact) mass is 451 g/mol. The minimum absolute atomic E-state index is 0. The number of aliphatic imine (C=N–C) groups is 1. The van der Waals surface area contributed by atoms with Gasteiger partial charge in [-0.1, -0.05) is 17.7 Å². The van der Waals surface area contributed by atoms with Crippen LogP contribution in [0.4, 0.5) is 0 Å². The molecule has 3 N–H and O–H groups in total. The Morgan fingerprint density at radius 1 is 1.30 bits per heavy atom. The van der Waals surface area contributed by atoms with Gasteiger partial charge in [-0.2, -0.15) is 0 Å². The van der Waals surface area contributed by atoms with Gasteiger partial charge in [0.15, 0.2) is 5.96 Å². The number of nitrogens with one attached hydrogen (secondary N) is 3. The van der Waals surface area contributed by atoms with Crippen LogP contribution in [0.3, 0.4) is 0 Å². The zero-order valence-corrected chi connectivity index (χ0v) is 16.2. The quantitative estimate of drug-likeness (QED) is 0.195. The van der Waals surface area contributed by atoms with Gasteiger partial charge in [-0.05, 0) is 31.4 Å². The van der Waals surface area contributed by atoms with Crippen molar-refractivity contribution in [2.45, 2.75) is 26.3 Å². The second-order valence-corrected chi connectivity index (χ2v) is 5.56. The highest BCUT2D eigenvalue weighted by Gasteiger charge is 2.28. The summed E-state index contributed by atoms with van der Waals surface area (Å²) in [4.78, 5) is 20.0. The van der Waals surface area contributed by atoms with Gasteiger partial charge in [-0.15, -0.1) is 24.0 Å². The number of hydrogen-bond donors (Lipinski definition) is 3. The van der Waals surface area contributed by atoms with Gasteiger partial charge in [-0.3, -0.25) is 4.79 Å². The van der Waals surface area contributed by atoms with Gasteiger partial charge in [0.05, 0.1) is 6.54 Å². The Balaban J connectivity index is 0.00000264. The predicted octanol–water partition coefficient (Wildman–Crippen LogP) is 1.93. The van der Waals surface area contributed by atoms with E-state index in [9.17, 15) is 4.79 Å². The van der Waals surface area contributed by atoms with Crippen LogP contribution in [-0.2, 0) is 11.3 Å². The fourth-order valence-electron chi connectivity index (χ4n) is 1.87. The Morgan fingerprint density at radius 2 is 2.04 bits per heavy atom. The van der Waals surface area contributed by atoms with Crippen molar-refractivity contribution in [3.8, 4) is 0 Å². The van der Waals surface area contributed by atoms with E-state index in [0.717, 1.165) is 30.9 Å². The Kier molecular flexibility index (Phi) is 9.23. The Labute approximate surface area is 158 Å². The summed E-state index contributed by atoms with van der Waals surface area (Å²) < 4.78 is 0. The molecule has 1 aromatic rings. The number of halogens is 2. The molecule has 1 fully saturated rings. The maximum absolute atomic E-state index is 11.5. The van der Waals surface area contributed by atoms with E-state index in [-0.39, 0.29) is 35.8 Å². The molecule has 2 rings (SSSR count). The lowest BCUT2D eigenvalue weighted by atomic mass is 10.3. The highest BCUT2D eigenvalue weighted by atomic mass is 127. The van der Waals surface area contributed by atoms with Crippen molar-refractivity contribution in [1.29, 1.82) is 0 Å². The summed E-state index contributed by atoms with van der Waals surface area (Å²) in [6.07, 6.45) is 3.77. The lowest BCUT2D eigenvalue weighted by molar-refractivity contribution is -0.122. The first-order chi connectivity index (χ1) is 10.7. The average Bonchev–Trinajstić information content (AvgIpc) is 3.35. The molecular formula is C15H23ClIN5O. The summed E-state index contributed by atoms with van der Waals surface area (Å²) in [5, 5.41) is 9.75. The van der Waals surface area contributed by atoms with Gasteiger partial charge in [0.25, 0.3) is 0 Å². The first-order valence-electron chi connectivity index (χ1n) is 7.59. The van der Waals surface area contributed by atoms with Crippen LogP contribution in [0, 0.1) is 5.92 Å². The van der Waals surface area contributed by atoms with Gasteiger partial charge in [0.1, 0.15) is 5.15 Å². The molecule has 1 heterocycles. The first kappa shape index (κ1) is 20.0. The molecule has 0 atom stereocenters. The summed E-state index contributed by atoms with van der Waals surface area (Å²) in [6, 6.07) is 3.65. The zero-order valence-electron chi connectivity index (χ0n) is 13.1. The van der Waals surface area contributed by atoms with Crippen molar-refractivity contribution >= 4 is 47.4 Å². The molecule has 1 aliphatic carbocycles. The third-order valence-corrected chi connectivity index (χ3v) is 3.44. The maximum atomic E-state index is 11.5. The van der Waals surface area contributed by atoms with Crippen molar-refractivity contribution in [1.82, 2.24) is 20.9 Å². The standard InChI is InChI=1S/C15H22ClN5O.HI/c1-2-17-15(19-8-7-18-14(22)12-4-5-12)21-10-11-3-6-13(16)20-9-11;/h3,6,9,12H,2,4-5,7-8,10H2,1H3,(H,18,22)(H2,17,19,21);1H. The van der Waals surface area contributed by atoms with Gasteiger partial charge < -0.3 is 16.0 Å². The SMILES string of the molecule is CCNC(=NCc1ccc(Cl)nc1)NCCNC(=O)C1CC1.I. The third-order valence-electron chi connectivity index (χ3n) is 3.22. The molecule has 1 aliphatic rings. The zero-order chi connectivity index (χ0) is 15.8. The average molecular weight is 452 g/mol. The molecule has 128 valence electrons. The molecule has 8 heteroatoms. The number of carbonyl (C=O) groups is 1. The summed E-state index contributed by atoms with van der Waals surface area (Å²) in [5.74, 6) is 1.13. The normalized spacial score (nSPS) is 13.9. The summed E-state index contributed by atoms with van der Waals surface area (Å²) in [6.45, 7) is 4.55. The van der Waals surface area contributed by atoms with Crippen LogP contribution in [0.25, 0.3) is 0 Å². The van der Waals surface area contributed by atoms with E-state index < -0.39 is 0 Å². The lowest BCUT2D eigenvalue weighted by Gasteiger charge is -2.11. The number of pyridine rings is 1. The summed E-state index contributed by atoms with van der Waals surface area (Å²) in [7, 11) is 0. The highest BCUT2D eigenvalue weighted by molar-refractivity contribution is 14.0. The van der Waals surface area contributed by atoms with Crippen LogP contribution in [0.1, 0.15) is 25.3 Å². The van der Waals surface area contributed by atoms with Crippen LogP contribution < -0.4 is 16.0 Å². The number of rotatable bonds is 7. The van der Waals surface area contributed by atoms with Crippen LogP contribution in [-0.4, -0.2) is 36.5 Å². The van der Waals surface area contributed by atoms with Gasteiger partial charge in [-0.25, -0.2) is 9.98 Å². The van der Waals surface area contributed by atoms with E-state index in [1.54, 1.807) is 12.3 Å². The molecule has 0 spiro atoms. The lowest BCUT2D eigenvalue weighted by Crippen LogP contribution is -2.41. The van der Waals surface area contributed by atoms with Crippen molar-refractivity contribution in [2.75, 3.05) is 19.6 Å². The molecule has 0 bridgehead atoms. The first-order valence-corrected chi connectivity index (χ1v) is 7.97. The number of hydrogen-bond acceptors (Lipinski definition) is 3. The smallest absolute Gasteiger partial charge is 0.223 e. The molecule has 1 amide bonds. The molecular weight excluding hydrogens is 429 g/mol. The molecule has 1 aromatic heterocycles. The molecule has 0 aliphatic heterocycles. The van der Waals surface area contributed by atoms with E-state index in [4.69, 9.17) is 11.6 Å². The molecule has 23 heavy (non-hydrogen) atoms. The number of guanidine groups is 1. The minimum atomic E-state index is 0. The predicted molar refractivity (Wildman–Crippen MR) is 103 cm³/mol. The van der Waals surface area contributed by atoms with Crippen LogP contribution >= 0.6 is 35.6 Å². The van der Waals surface area contributed by atoms with Crippen LogP contribution in [0.15, 0.2) is 23.3 Å². The fourth-order valence-corrected chi connectivity index (χ4v) is 1.98. The number of carbonyl (C=O) groups excluding carboxylic acids is 1. The summed E-state index contributed by atoms with van der Waals surface area (Å²) in [5.41, 5.74) is 0.989. The summed E-state index contributed by atoms with van der Waals surface area (Å²) >= 11 is 5.75. The van der Waals surface area contributed by atoms with E-state index in [1.807, 2.05) is 13.0 Å². The highest BCUT2D eigenvalue weighted by Crippen LogP contribution is 2.28. The fraction of sp³-hybridized carbons (Fsp3) is 0.533. The molecule has 0 radical (unpaired) electrons. The van der Waals surface area contributed by atoms with E-state index in [2.05, 4.69) is 25.9 Å². The van der Waals surface area contributed by atoms with Crippen molar-refractivity contribution < 1.29 is 4.79 Å². The van der Waals surface area contributed by atoms with Crippen molar-refractivity contribution in [3.63, 3.8) is 0 Å². The second-order valence-electron chi connectivity index (χ2n) is 5.18. The van der Waals surface area contributed by atoms with Crippen LogP contribution in [0.5, 0.6) is 0 Å². The second kappa shape index (κ2) is 10.6. The van der Waals surface area contributed by atoms with Crippen molar-refractivity contribution in [3.05, 3.63) is 29.0 Å². The molecule has 0 aromatic carbocycles. The number of amides is 1. The molecule has 0 unspecified atom stereocenters. The number of nitrogens with zero attached hydrogens (tertiary/aromatic N) is 2. The molecule has 0 saturated heterocycles. The van der Waals surface area contributed by atoms with Gasteiger partial charge >= 0.3 is 0 Å². The van der Waals surface area contributed by atoms with Gasteiger partial charge in [0.2, 0.25) is 5.91 Å².